The Morgan fingerprint density at radius 2 is 0.614 bits per heavy atom. The molecule has 0 atom stereocenters. The molecule has 18 rings (SSSR count). The number of carboxylic acids is 2. The van der Waals surface area contributed by atoms with Crippen LogP contribution in [0.3, 0.4) is 0 Å². The second-order valence-electron chi connectivity index (χ2n) is 29.1. The van der Waals surface area contributed by atoms with Crippen molar-refractivity contribution in [2.45, 2.75) is 77.4 Å². The Balaban J connectivity index is 0.000000130. The Kier molecular flexibility index (Phi) is 25.8. The summed E-state index contributed by atoms with van der Waals surface area (Å²) < 4.78 is 47.2. The van der Waals surface area contributed by atoms with Crippen molar-refractivity contribution in [2.24, 2.45) is 17.8 Å². The van der Waals surface area contributed by atoms with Gasteiger partial charge in [0.25, 0.3) is 0 Å². The van der Waals surface area contributed by atoms with E-state index in [-0.39, 0.29) is 17.5 Å². The molecular weight excluding hydrogens is 1500 g/mol. The van der Waals surface area contributed by atoms with Crippen LogP contribution in [0.5, 0.6) is 0 Å². The Morgan fingerprint density at radius 3 is 0.877 bits per heavy atom. The monoisotopic (exact) mass is 1590 g/mol. The van der Waals surface area contributed by atoms with Gasteiger partial charge in [-0.15, -0.1) is 0 Å². The number of nitrogens with one attached hydrogen (secondary N) is 3. The lowest BCUT2D eigenvalue weighted by atomic mass is 9.93. The maximum absolute atomic E-state index is 13.4. The standard InChI is InChI=1S/3C28H29FN6S.C2H2O4/c3*29-22-9-7-21(8-10-22)19-35-25-6-2-1-4-23(25)32-26(35)18-20-11-15-34(16-12-20)17-14-31-28-33-24-5-3-13-30-27(24)36-28;3-1(4)2(5)6/h3*1-10,13,20H,11-12,14-19H2,(H,31,33);(H,3,4)(H,5,6). The molecule has 3 fully saturated rings. The van der Waals surface area contributed by atoms with Gasteiger partial charge in [0.05, 0.1) is 33.1 Å². The highest BCUT2D eigenvalue weighted by Gasteiger charge is 2.27. The molecular formula is C86H89F3N18O4S3. The summed E-state index contributed by atoms with van der Waals surface area (Å²) in [7, 11) is 0. The van der Waals surface area contributed by atoms with Gasteiger partial charge >= 0.3 is 11.9 Å². The number of pyridine rings is 3. The van der Waals surface area contributed by atoms with Crippen LogP contribution in [-0.2, 0) is 48.5 Å². The van der Waals surface area contributed by atoms with Crippen molar-refractivity contribution in [1.82, 2.24) is 73.3 Å². The van der Waals surface area contributed by atoms with E-state index in [1.165, 1.54) is 74.9 Å². The topological polar surface area (TPSA) is 251 Å². The van der Waals surface area contributed by atoms with Crippen LogP contribution in [0.4, 0.5) is 28.6 Å². The largest absolute Gasteiger partial charge is 0.473 e. The lowest BCUT2D eigenvalue weighted by molar-refractivity contribution is -0.159. The van der Waals surface area contributed by atoms with Gasteiger partial charge in [0.15, 0.2) is 15.4 Å². The van der Waals surface area contributed by atoms with Crippen molar-refractivity contribution < 1.29 is 33.0 Å². The van der Waals surface area contributed by atoms with Crippen molar-refractivity contribution in [3.8, 4) is 0 Å². The summed E-state index contributed by atoms with van der Waals surface area (Å²) in [6.07, 6.45) is 15.4. The molecule has 0 radical (unpaired) electrons. The summed E-state index contributed by atoms with van der Waals surface area (Å²) in [5.41, 5.74) is 12.7. The number of fused-ring (bicyclic) bond motifs is 6. The Morgan fingerprint density at radius 1 is 0.351 bits per heavy atom. The number of imidazole rings is 3. The van der Waals surface area contributed by atoms with Gasteiger partial charge < -0.3 is 54.6 Å². The maximum Gasteiger partial charge on any atom is 0.414 e. The van der Waals surface area contributed by atoms with Crippen LogP contribution in [0, 0.1) is 35.2 Å². The van der Waals surface area contributed by atoms with E-state index in [0.29, 0.717) is 37.4 Å². The molecule has 3 aliphatic rings. The Bertz CT molecular complexity index is 5030. The highest BCUT2D eigenvalue weighted by Crippen LogP contribution is 2.32. The summed E-state index contributed by atoms with van der Waals surface area (Å²) in [6, 6.07) is 57.1. The number of halogens is 3. The predicted molar refractivity (Wildman–Crippen MR) is 447 cm³/mol. The van der Waals surface area contributed by atoms with Crippen molar-refractivity contribution in [3.05, 3.63) is 252 Å². The molecule has 0 bridgehead atoms. The van der Waals surface area contributed by atoms with Gasteiger partial charge in [-0.1, -0.05) is 107 Å². The molecule has 0 aliphatic carbocycles. The summed E-state index contributed by atoms with van der Waals surface area (Å²) in [4.78, 5) is 70.7. The minimum Gasteiger partial charge on any atom is -0.473 e. The number of carbonyl (C=O) groups is 2. The van der Waals surface area contributed by atoms with Crippen LogP contribution < -0.4 is 16.0 Å². The number of para-hydroxylation sites is 6. The highest BCUT2D eigenvalue weighted by atomic mass is 32.1. The summed E-state index contributed by atoms with van der Waals surface area (Å²) in [5, 5.41) is 28.0. The minimum atomic E-state index is -1.82. The van der Waals surface area contributed by atoms with E-state index >= 15 is 0 Å². The van der Waals surface area contributed by atoms with Gasteiger partial charge in [0.1, 0.15) is 66.0 Å². The number of thiazole rings is 3. The van der Waals surface area contributed by atoms with E-state index in [1.807, 2.05) is 110 Å². The van der Waals surface area contributed by atoms with Gasteiger partial charge in [-0.2, -0.15) is 0 Å². The lowest BCUT2D eigenvalue weighted by Gasteiger charge is -2.31. The first-order valence-electron chi connectivity index (χ1n) is 38.8. The summed E-state index contributed by atoms with van der Waals surface area (Å²) in [6.45, 7) is 14.4. The molecule has 9 aromatic heterocycles. The van der Waals surface area contributed by atoms with E-state index in [9.17, 15) is 13.2 Å². The zero-order chi connectivity index (χ0) is 78.1. The van der Waals surface area contributed by atoms with Gasteiger partial charge in [-0.25, -0.2) is 67.6 Å². The SMILES string of the molecule is Fc1ccc(Cn2c(CC3CCN(CCNc4nc5cccnc5s4)CC3)nc3ccccc32)cc1.Fc1ccc(Cn2c(CC3CCN(CCNc4nc5cccnc5s4)CC3)nc3ccccc32)cc1.Fc1ccc(Cn2c(CC3CCN(CCNc4nc5cccnc5s4)CC3)nc3ccccc32)cc1.O=C(O)C(=O)O. The Labute approximate surface area is 669 Å². The lowest BCUT2D eigenvalue weighted by Crippen LogP contribution is -2.37. The van der Waals surface area contributed by atoms with Gasteiger partial charge in [0, 0.05) is 96.8 Å². The van der Waals surface area contributed by atoms with E-state index in [2.05, 4.69) is 129 Å². The van der Waals surface area contributed by atoms with Crippen LogP contribution in [0.1, 0.15) is 72.7 Å². The molecule has 5 N–H and O–H groups in total. The zero-order valence-electron chi connectivity index (χ0n) is 63.0. The van der Waals surface area contributed by atoms with Crippen LogP contribution in [0.15, 0.2) is 201 Å². The highest BCUT2D eigenvalue weighted by molar-refractivity contribution is 7.22. The first-order valence-corrected chi connectivity index (χ1v) is 41.3. The molecule has 0 spiro atoms. The number of likely N-dealkylation sites (tertiary alicyclic amines) is 3. The maximum atomic E-state index is 13.4. The third-order valence-corrected chi connectivity index (χ3v) is 24.1. The van der Waals surface area contributed by atoms with Crippen molar-refractivity contribution in [2.75, 3.05) is 94.5 Å². The van der Waals surface area contributed by atoms with E-state index in [4.69, 9.17) is 34.8 Å². The molecule has 114 heavy (non-hydrogen) atoms. The number of aromatic nitrogens is 12. The molecule has 28 heteroatoms. The van der Waals surface area contributed by atoms with Gasteiger partial charge in [-0.05, 0) is 221 Å². The average molecular weight is 1590 g/mol. The minimum absolute atomic E-state index is 0.200. The molecule has 3 saturated heterocycles. The van der Waals surface area contributed by atoms with Crippen LogP contribution in [-0.4, -0.2) is 174 Å². The number of carboxylic acid groups (broad SMARTS) is 2. The molecule has 15 aromatic rings. The number of hydrogen-bond acceptors (Lipinski definition) is 20. The van der Waals surface area contributed by atoms with E-state index in [0.717, 1.165) is 211 Å². The fourth-order valence-electron chi connectivity index (χ4n) is 15.2. The third kappa shape index (κ3) is 20.6. The first kappa shape index (κ1) is 78.1. The molecule has 0 amide bonds. The molecule has 586 valence electrons. The number of benzene rings is 6. The second kappa shape index (κ2) is 37.7. The number of anilines is 3. The smallest absolute Gasteiger partial charge is 0.414 e. The number of hydrogen-bond donors (Lipinski definition) is 5. The van der Waals surface area contributed by atoms with Crippen LogP contribution in [0.2, 0.25) is 0 Å². The van der Waals surface area contributed by atoms with E-state index < -0.39 is 11.9 Å². The summed E-state index contributed by atoms with van der Waals surface area (Å²) >= 11 is 4.83. The third-order valence-electron chi connectivity index (χ3n) is 21.3. The Hall–Kier alpha value is -11.1. The molecule has 22 nitrogen and oxygen atoms in total. The number of nitrogens with zero attached hydrogens (tertiary/aromatic N) is 15. The first-order chi connectivity index (χ1) is 55.8. The molecule has 3 aliphatic heterocycles. The molecule has 6 aromatic carbocycles. The van der Waals surface area contributed by atoms with Crippen molar-refractivity contribution in [3.63, 3.8) is 0 Å². The predicted octanol–water partition coefficient (Wildman–Crippen LogP) is 15.9. The average Bonchev–Trinajstić information content (AvgIpc) is 1.65. The number of rotatable bonds is 24. The van der Waals surface area contributed by atoms with Crippen molar-refractivity contribution >= 4 is 125 Å². The summed E-state index contributed by atoms with van der Waals surface area (Å²) in [5.74, 6) is 0.996. The number of piperidine rings is 3. The molecule has 12 heterocycles. The van der Waals surface area contributed by atoms with Gasteiger partial charge in [0.2, 0.25) is 0 Å². The van der Waals surface area contributed by atoms with Crippen LogP contribution in [0.25, 0.3) is 64.1 Å². The van der Waals surface area contributed by atoms with Crippen molar-refractivity contribution in [1.29, 1.82) is 0 Å². The zero-order valence-corrected chi connectivity index (χ0v) is 65.5. The fraction of sp³-hybridized carbons (Fsp3) is 0.314. The molecule has 0 saturated carbocycles. The van der Waals surface area contributed by atoms with Crippen LogP contribution >= 0.6 is 34.0 Å². The fourth-order valence-corrected chi connectivity index (χ4v) is 17.7. The second-order valence-corrected chi connectivity index (χ2v) is 32.0. The normalized spacial score (nSPS) is 14.7. The van der Waals surface area contributed by atoms with E-state index in [1.54, 1.807) is 34.0 Å². The quantitative estimate of drug-likeness (QED) is 0.0353. The molecule has 0 unspecified atom stereocenters. The van der Waals surface area contributed by atoms with Gasteiger partial charge in [-0.3, -0.25) is 0 Å². The number of aliphatic carboxylic acids is 2.